The molecule has 308 valence electrons. The second-order valence-electron chi connectivity index (χ2n) is 17.4. The van der Waals surface area contributed by atoms with Gasteiger partial charge in [-0.15, -0.1) is 0 Å². The maximum atomic E-state index is 13.8. The largest absolute Gasteiger partial charge is 0.481 e. The number of likely N-dealkylation sites (tertiary alicyclic amines) is 1. The van der Waals surface area contributed by atoms with E-state index in [-0.39, 0.29) is 48.6 Å². The van der Waals surface area contributed by atoms with Crippen LogP contribution in [0.3, 0.4) is 0 Å². The zero-order valence-electron chi connectivity index (χ0n) is 34.1. The molecule has 2 aliphatic heterocycles. The quantitative estimate of drug-likeness (QED) is 0.107. The van der Waals surface area contributed by atoms with E-state index in [0.717, 1.165) is 71.9 Å². The van der Waals surface area contributed by atoms with E-state index in [4.69, 9.17) is 14.6 Å². The summed E-state index contributed by atoms with van der Waals surface area (Å²) in [5.74, 6) is -0.0687. The molecular formula is C47H63N3O7. The lowest BCUT2D eigenvalue weighted by atomic mass is 9.75. The van der Waals surface area contributed by atoms with Crippen molar-refractivity contribution in [2.24, 2.45) is 5.92 Å². The van der Waals surface area contributed by atoms with Crippen LogP contribution in [0.15, 0.2) is 72.8 Å². The molecule has 6 atom stereocenters. The van der Waals surface area contributed by atoms with E-state index in [9.17, 15) is 19.5 Å². The Bertz CT molecular complexity index is 1770. The maximum Gasteiger partial charge on any atom is 0.303 e. The summed E-state index contributed by atoms with van der Waals surface area (Å²) in [5.41, 5.74) is 5.60. The molecule has 0 radical (unpaired) electrons. The van der Waals surface area contributed by atoms with Crippen molar-refractivity contribution in [1.29, 1.82) is 0 Å². The Balaban J connectivity index is 1.15. The first-order valence-electron chi connectivity index (χ1n) is 21.2. The average molecular weight is 782 g/mol. The number of carbonyl (C=O) groups is 3. The third-order valence-electron chi connectivity index (χ3n) is 11.8. The smallest absolute Gasteiger partial charge is 0.303 e. The lowest BCUT2D eigenvalue weighted by molar-refractivity contribution is -0.255. The minimum atomic E-state index is -0.776. The van der Waals surface area contributed by atoms with Gasteiger partial charge in [0, 0.05) is 49.5 Å². The summed E-state index contributed by atoms with van der Waals surface area (Å²) < 4.78 is 13.6. The van der Waals surface area contributed by atoms with E-state index in [1.54, 1.807) is 0 Å². The number of carboxylic acid groups (broad SMARTS) is 1. The van der Waals surface area contributed by atoms with Gasteiger partial charge in [0.1, 0.15) is 0 Å². The van der Waals surface area contributed by atoms with Gasteiger partial charge >= 0.3 is 5.97 Å². The van der Waals surface area contributed by atoms with Gasteiger partial charge in [-0.25, -0.2) is 0 Å². The van der Waals surface area contributed by atoms with Gasteiger partial charge in [0.25, 0.3) is 0 Å². The van der Waals surface area contributed by atoms with Gasteiger partial charge in [-0.1, -0.05) is 92.4 Å². The molecular weight excluding hydrogens is 719 g/mol. The van der Waals surface area contributed by atoms with Crippen LogP contribution in [-0.4, -0.2) is 63.2 Å². The van der Waals surface area contributed by atoms with E-state index in [0.29, 0.717) is 44.3 Å². The van der Waals surface area contributed by atoms with Crippen LogP contribution >= 0.6 is 0 Å². The molecule has 4 N–H and O–H groups in total. The number of ether oxygens (including phenoxy) is 2. The summed E-state index contributed by atoms with van der Waals surface area (Å²) in [6.07, 6.45) is 10.0. The van der Waals surface area contributed by atoms with Crippen molar-refractivity contribution >= 4 is 17.8 Å². The van der Waals surface area contributed by atoms with Crippen LogP contribution in [-0.2, 0) is 37.0 Å². The van der Waals surface area contributed by atoms with E-state index in [2.05, 4.69) is 51.9 Å². The molecule has 6 rings (SSSR count). The maximum absolute atomic E-state index is 13.8. The fraction of sp³-hybridized carbons (Fsp3) is 0.553. The summed E-state index contributed by atoms with van der Waals surface area (Å²) >= 11 is 0. The highest BCUT2D eigenvalue weighted by Gasteiger charge is 2.44. The summed E-state index contributed by atoms with van der Waals surface area (Å²) in [4.78, 5) is 39.5. The molecule has 3 aliphatic rings. The minimum absolute atomic E-state index is 0.000963. The van der Waals surface area contributed by atoms with Gasteiger partial charge in [-0.3, -0.25) is 19.3 Å². The summed E-state index contributed by atoms with van der Waals surface area (Å²) in [6, 6.07) is 24.6. The molecule has 6 unspecified atom stereocenters. The van der Waals surface area contributed by atoms with E-state index in [1.165, 1.54) is 19.3 Å². The number of hydrogen-bond acceptors (Lipinski definition) is 7. The molecule has 2 heterocycles. The summed E-state index contributed by atoms with van der Waals surface area (Å²) in [5, 5.41) is 24.8. The lowest BCUT2D eigenvalue weighted by Crippen LogP contribution is -2.61. The molecule has 0 bridgehead atoms. The van der Waals surface area contributed by atoms with Crippen molar-refractivity contribution < 1.29 is 34.1 Å². The Labute approximate surface area is 338 Å². The van der Waals surface area contributed by atoms with Crippen molar-refractivity contribution in [3.8, 4) is 11.1 Å². The molecule has 10 heteroatoms. The molecule has 10 nitrogen and oxygen atoms in total. The second kappa shape index (κ2) is 20.1. The number of piperidine rings is 1. The number of amides is 2. The van der Waals surface area contributed by atoms with Crippen molar-refractivity contribution in [2.75, 3.05) is 6.54 Å². The Morgan fingerprint density at radius 3 is 2.23 bits per heavy atom. The minimum Gasteiger partial charge on any atom is -0.481 e. The van der Waals surface area contributed by atoms with Crippen molar-refractivity contribution in [1.82, 2.24) is 15.5 Å². The number of fused-ring (bicyclic) bond motifs is 1. The molecule has 3 fully saturated rings. The van der Waals surface area contributed by atoms with Crippen molar-refractivity contribution in [2.45, 2.75) is 154 Å². The van der Waals surface area contributed by atoms with E-state index in [1.807, 2.05) is 57.2 Å². The highest BCUT2D eigenvalue weighted by Crippen LogP contribution is 2.42. The van der Waals surface area contributed by atoms with Crippen LogP contribution in [0, 0.1) is 5.92 Å². The SMILES string of the molecule is CC(C)(C)NC(=O)C1CCC2CCCCC2N1CC1CC(c2ccc(CO)cc2)OC(c2ccc(-c3cccc(CNC(=O)CCCCCCC(=O)O)c3)cc2)O1. The number of hydrogen-bond donors (Lipinski definition) is 4. The number of aliphatic carboxylic acids is 1. The number of carboxylic acids is 1. The van der Waals surface area contributed by atoms with Gasteiger partial charge < -0.3 is 30.3 Å². The van der Waals surface area contributed by atoms with Crippen LogP contribution in [0.4, 0.5) is 0 Å². The highest BCUT2D eigenvalue weighted by atomic mass is 16.7. The van der Waals surface area contributed by atoms with Crippen LogP contribution in [0.25, 0.3) is 11.1 Å². The molecule has 3 aromatic rings. The first-order valence-corrected chi connectivity index (χ1v) is 21.2. The number of benzene rings is 3. The van der Waals surface area contributed by atoms with Gasteiger partial charge in [-0.05, 0) is 99.1 Å². The van der Waals surface area contributed by atoms with Crippen LogP contribution in [0.2, 0.25) is 0 Å². The Morgan fingerprint density at radius 1 is 0.789 bits per heavy atom. The average Bonchev–Trinajstić information content (AvgIpc) is 3.20. The number of nitrogens with zero attached hydrogens (tertiary/aromatic N) is 1. The number of rotatable bonds is 16. The monoisotopic (exact) mass is 781 g/mol. The number of aliphatic hydroxyl groups excluding tert-OH is 1. The standard InChI is InChI=1S/C47H63N3O7/c1-47(2,3)49-45(55)41-26-25-35-12-8-9-14-40(35)50(41)30-39-28-42(36-19-17-32(31-51)18-20-36)57-46(56-39)37-23-21-34(22-24-37)38-13-10-11-33(27-38)29-48-43(52)15-6-4-5-7-16-44(53)54/h10-11,13,17-24,27,35,39-42,46,51H,4-9,12,14-16,25-26,28-31H2,1-3H3,(H,48,52)(H,49,55)(H,53,54). The van der Waals surface area contributed by atoms with Crippen molar-refractivity contribution in [3.63, 3.8) is 0 Å². The van der Waals surface area contributed by atoms with Crippen LogP contribution < -0.4 is 10.6 Å². The number of unbranched alkanes of at least 4 members (excludes halogenated alkanes) is 3. The molecule has 0 aromatic heterocycles. The van der Waals surface area contributed by atoms with Gasteiger partial charge in [0.2, 0.25) is 11.8 Å². The molecule has 0 spiro atoms. The second-order valence-corrected chi connectivity index (χ2v) is 17.4. The fourth-order valence-corrected chi connectivity index (χ4v) is 8.89. The third-order valence-corrected chi connectivity index (χ3v) is 11.8. The lowest BCUT2D eigenvalue weighted by Gasteiger charge is -2.50. The molecule has 1 aliphatic carbocycles. The van der Waals surface area contributed by atoms with E-state index < -0.39 is 12.3 Å². The summed E-state index contributed by atoms with van der Waals surface area (Å²) in [7, 11) is 0. The highest BCUT2D eigenvalue weighted by molar-refractivity contribution is 5.82. The predicted molar refractivity (Wildman–Crippen MR) is 221 cm³/mol. The molecule has 1 saturated carbocycles. The van der Waals surface area contributed by atoms with Gasteiger partial charge in [-0.2, -0.15) is 0 Å². The summed E-state index contributed by atoms with van der Waals surface area (Å²) in [6.45, 7) is 7.21. The van der Waals surface area contributed by atoms with Gasteiger partial charge in [0.15, 0.2) is 6.29 Å². The van der Waals surface area contributed by atoms with E-state index >= 15 is 0 Å². The first-order chi connectivity index (χ1) is 27.5. The molecule has 3 aromatic carbocycles. The normalized spacial score (nSPS) is 24.0. The van der Waals surface area contributed by atoms with Crippen LogP contribution in [0.5, 0.6) is 0 Å². The predicted octanol–water partition coefficient (Wildman–Crippen LogP) is 8.37. The fourth-order valence-electron chi connectivity index (χ4n) is 8.89. The van der Waals surface area contributed by atoms with Crippen LogP contribution in [0.1, 0.15) is 139 Å². The number of aliphatic hydroxyl groups is 1. The first kappa shape index (κ1) is 42.5. The van der Waals surface area contributed by atoms with Crippen molar-refractivity contribution in [3.05, 3.63) is 95.1 Å². The topological polar surface area (TPSA) is 137 Å². The Morgan fingerprint density at radius 2 is 1.51 bits per heavy atom. The zero-order valence-corrected chi connectivity index (χ0v) is 34.1. The molecule has 57 heavy (non-hydrogen) atoms. The van der Waals surface area contributed by atoms with Gasteiger partial charge in [0.05, 0.1) is 24.9 Å². The third kappa shape index (κ3) is 12.2. The Kier molecular flexibility index (Phi) is 15.0. The number of carbonyl (C=O) groups excluding carboxylic acids is 2. The molecule has 2 saturated heterocycles. The zero-order chi connectivity index (χ0) is 40.4. The number of nitrogens with one attached hydrogen (secondary N) is 2. The Hall–Kier alpha value is -4.09. The molecule has 2 amide bonds.